The van der Waals surface area contributed by atoms with Crippen molar-refractivity contribution in [1.82, 2.24) is 29.4 Å². The van der Waals surface area contributed by atoms with Gasteiger partial charge in [-0.15, -0.1) is 10.2 Å². The number of aromatic nitrogens is 4. The molecule has 2 aromatic rings. The Hall–Kier alpha value is -1.71. The maximum absolute atomic E-state index is 12.3. The standard InChI is InChI=1S/C12H20N6O2S/c1-4-18-8-11(5-10(18)6-13-2)21(19,20)15-7-12-16-14-9-17(12)3/h5,8-9,13,15H,4,6-7H2,1-3H3. The number of aryl methyl sites for hydroxylation is 2. The molecule has 2 rings (SSSR count). The van der Waals surface area contributed by atoms with Crippen molar-refractivity contribution in [2.45, 2.75) is 31.5 Å². The van der Waals surface area contributed by atoms with Crippen LogP contribution in [0.3, 0.4) is 0 Å². The second kappa shape index (κ2) is 6.37. The van der Waals surface area contributed by atoms with Crippen molar-refractivity contribution < 1.29 is 8.42 Å². The van der Waals surface area contributed by atoms with Crippen LogP contribution in [0.1, 0.15) is 18.4 Å². The molecular formula is C12H20N6O2S. The van der Waals surface area contributed by atoms with E-state index in [1.54, 1.807) is 23.9 Å². The van der Waals surface area contributed by atoms with Gasteiger partial charge >= 0.3 is 0 Å². The van der Waals surface area contributed by atoms with Crippen LogP contribution < -0.4 is 10.0 Å². The smallest absolute Gasteiger partial charge is 0.242 e. The molecule has 0 aliphatic rings. The summed E-state index contributed by atoms with van der Waals surface area (Å²) in [6.45, 7) is 3.42. The van der Waals surface area contributed by atoms with Gasteiger partial charge in [-0.3, -0.25) is 0 Å². The molecule has 0 fully saturated rings. The summed E-state index contributed by atoms with van der Waals surface area (Å²) in [6, 6.07) is 1.68. The first kappa shape index (κ1) is 15.7. The van der Waals surface area contributed by atoms with Gasteiger partial charge < -0.3 is 14.5 Å². The van der Waals surface area contributed by atoms with Crippen LogP contribution in [0.4, 0.5) is 0 Å². The maximum Gasteiger partial charge on any atom is 0.242 e. The highest BCUT2D eigenvalue weighted by Gasteiger charge is 2.18. The SMILES string of the molecule is CCn1cc(S(=O)(=O)NCc2nncn2C)cc1CNC. The second-order valence-electron chi connectivity index (χ2n) is 4.67. The third kappa shape index (κ3) is 3.49. The molecule has 9 heteroatoms. The van der Waals surface area contributed by atoms with Gasteiger partial charge in [0.05, 0.1) is 11.4 Å². The molecule has 0 atom stereocenters. The van der Waals surface area contributed by atoms with E-state index in [0.717, 1.165) is 12.2 Å². The molecule has 2 heterocycles. The van der Waals surface area contributed by atoms with Crippen LogP contribution in [0.25, 0.3) is 0 Å². The predicted molar refractivity (Wildman–Crippen MR) is 77.9 cm³/mol. The second-order valence-corrected chi connectivity index (χ2v) is 6.43. The van der Waals surface area contributed by atoms with Gasteiger partial charge in [0.15, 0.2) is 0 Å². The van der Waals surface area contributed by atoms with Gasteiger partial charge in [0, 0.05) is 32.0 Å². The topological polar surface area (TPSA) is 93.8 Å². The zero-order chi connectivity index (χ0) is 15.5. The molecule has 2 N–H and O–H groups in total. The van der Waals surface area contributed by atoms with Crippen molar-refractivity contribution >= 4 is 10.0 Å². The lowest BCUT2D eigenvalue weighted by atomic mass is 10.4. The molecule has 0 radical (unpaired) electrons. The van der Waals surface area contributed by atoms with Crippen LogP contribution in [-0.4, -0.2) is 34.8 Å². The fourth-order valence-electron chi connectivity index (χ4n) is 2.01. The highest BCUT2D eigenvalue weighted by atomic mass is 32.2. The molecule has 0 aromatic carbocycles. The number of nitrogens with one attached hydrogen (secondary N) is 2. The normalized spacial score (nSPS) is 12.0. The number of hydrogen-bond donors (Lipinski definition) is 2. The van der Waals surface area contributed by atoms with E-state index in [0.29, 0.717) is 12.4 Å². The largest absolute Gasteiger partial charge is 0.349 e. The van der Waals surface area contributed by atoms with Crippen LogP contribution in [0.2, 0.25) is 0 Å². The molecule has 116 valence electrons. The molecule has 0 bridgehead atoms. The summed E-state index contributed by atoms with van der Waals surface area (Å²) in [6.07, 6.45) is 3.17. The highest BCUT2D eigenvalue weighted by Crippen LogP contribution is 2.15. The summed E-state index contributed by atoms with van der Waals surface area (Å²) in [5.74, 6) is 0.559. The van der Waals surface area contributed by atoms with E-state index < -0.39 is 10.0 Å². The minimum Gasteiger partial charge on any atom is -0.349 e. The van der Waals surface area contributed by atoms with Gasteiger partial charge in [-0.25, -0.2) is 13.1 Å². The Morgan fingerprint density at radius 3 is 2.67 bits per heavy atom. The quantitative estimate of drug-likeness (QED) is 0.740. The van der Waals surface area contributed by atoms with Gasteiger partial charge in [-0.1, -0.05) is 0 Å². The molecule has 0 unspecified atom stereocenters. The van der Waals surface area contributed by atoms with Gasteiger partial charge in [-0.05, 0) is 20.0 Å². The summed E-state index contributed by atoms with van der Waals surface area (Å²) < 4.78 is 30.8. The van der Waals surface area contributed by atoms with Crippen molar-refractivity contribution in [3.63, 3.8) is 0 Å². The van der Waals surface area contributed by atoms with E-state index in [4.69, 9.17) is 0 Å². The molecule has 2 aromatic heterocycles. The van der Waals surface area contributed by atoms with E-state index in [9.17, 15) is 8.42 Å². The Kier molecular flexibility index (Phi) is 4.76. The number of rotatable bonds is 7. The zero-order valence-electron chi connectivity index (χ0n) is 12.4. The predicted octanol–water partition coefficient (Wildman–Crippen LogP) is -0.166. The van der Waals surface area contributed by atoms with E-state index >= 15 is 0 Å². The highest BCUT2D eigenvalue weighted by molar-refractivity contribution is 7.89. The zero-order valence-corrected chi connectivity index (χ0v) is 13.2. The number of sulfonamides is 1. The lowest BCUT2D eigenvalue weighted by Gasteiger charge is -2.04. The average molecular weight is 312 g/mol. The first-order valence-electron chi connectivity index (χ1n) is 6.64. The maximum atomic E-state index is 12.3. The van der Waals surface area contributed by atoms with E-state index in [-0.39, 0.29) is 11.4 Å². The molecule has 21 heavy (non-hydrogen) atoms. The molecule has 0 amide bonds. The fraction of sp³-hybridized carbons (Fsp3) is 0.500. The Morgan fingerprint density at radius 1 is 1.33 bits per heavy atom. The minimum atomic E-state index is -3.56. The molecular weight excluding hydrogens is 292 g/mol. The average Bonchev–Trinajstić information content (AvgIpc) is 3.04. The molecule has 0 spiro atoms. The summed E-state index contributed by atoms with van der Waals surface area (Å²) >= 11 is 0. The summed E-state index contributed by atoms with van der Waals surface area (Å²) in [5.41, 5.74) is 0.930. The van der Waals surface area contributed by atoms with Crippen molar-refractivity contribution in [2.75, 3.05) is 7.05 Å². The van der Waals surface area contributed by atoms with Crippen LogP contribution >= 0.6 is 0 Å². The summed E-state index contributed by atoms with van der Waals surface area (Å²) in [5, 5.41) is 10.6. The summed E-state index contributed by atoms with van der Waals surface area (Å²) in [7, 11) is 0.0300. The lowest BCUT2D eigenvalue weighted by Crippen LogP contribution is -2.24. The first-order valence-corrected chi connectivity index (χ1v) is 8.12. The Morgan fingerprint density at radius 2 is 2.10 bits per heavy atom. The molecule has 0 saturated heterocycles. The van der Waals surface area contributed by atoms with Gasteiger partial charge in [-0.2, -0.15) is 0 Å². The first-order chi connectivity index (χ1) is 9.97. The van der Waals surface area contributed by atoms with Crippen molar-refractivity contribution in [1.29, 1.82) is 0 Å². The van der Waals surface area contributed by atoms with E-state index in [1.165, 1.54) is 6.33 Å². The number of hydrogen-bond acceptors (Lipinski definition) is 5. The fourth-order valence-corrected chi connectivity index (χ4v) is 3.05. The summed E-state index contributed by atoms with van der Waals surface area (Å²) in [4.78, 5) is 0.261. The van der Waals surface area contributed by atoms with Gasteiger partial charge in [0.1, 0.15) is 12.2 Å². The Bertz CT molecular complexity index is 703. The molecule has 8 nitrogen and oxygen atoms in total. The van der Waals surface area contributed by atoms with Gasteiger partial charge in [0.2, 0.25) is 10.0 Å². The minimum absolute atomic E-state index is 0.109. The van der Waals surface area contributed by atoms with Crippen LogP contribution in [-0.2, 0) is 36.7 Å². The molecule has 0 aliphatic heterocycles. The number of nitrogens with zero attached hydrogens (tertiary/aromatic N) is 4. The van der Waals surface area contributed by atoms with Gasteiger partial charge in [0.25, 0.3) is 0 Å². The van der Waals surface area contributed by atoms with Crippen molar-refractivity contribution in [3.8, 4) is 0 Å². The molecule has 0 aliphatic carbocycles. The molecule has 0 saturated carbocycles. The van der Waals surface area contributed by atoms with Crippen LogP contribution in [0.5, 0.6) is 0 Å². The Labute approximate surface area is 124 Å². The Balaban J connectivity index is 2.17. The third-order valence-corrected chi connectivity index (χ3v) is 4.56. The van der Waals surface area contributed by atoms with Crippen LogP contribution in [0, 0.1) is 0 Å². The third-order valence-electron chi connectivity index (χ3n) is 3.20. The van der Waals surface area contributed by atoms with Crippen molar-refractivity contribution in [2.24, 2.45) is 7.05 Å². The van der Waals surface area contributed by atoms with Crippen molar-refractivity contribution in [3.05, 3.63) is 30.1 Å². The monoisotopic (exact) mass is 312 g/mol. The van der Waals surface area contributed by atoms with E-state index in [1.807, 2.05) is 18.5 Å². The van der Waals surface area contributed by atoms with Crippen LogP contribution in [0.15, 0.2) is 23.5 Å². The lowest BCUT2D eigenvalue weighted by molar-refractivity contribution is 0.577. The van der Waals surface area contributed by atoms with E-state index in [2.05, 4.69) is 20.2 Å².